The van der Waals surface area contributed by atoms with E-state index < -0.39 is 0 Å². The molecule has 0 aliphatic rings. The van der Waals surface area contributed by atoms with Gasteiger partial charge in [-0.15, -0.1) is 0 Å². The Morgan fingerprint density at radius 1 is 1.54 bits per heavy atom. The van der Waals surface area contributed by atoms with Crippen LogP contribution in [0.25, 0.3) is 0 Å². The van der Waals surface area contributed by atoms with Crippen LogP contribution in [0.5, 0.6) is 5.75 Å². The van der Waals surface area contributed by atoms with Crippen LogP contribution in [-0.4, -0.2) is 6.61 Å². The molecule has 0 heterocycles. The number of benzene rings is 1. The molecule has 65 valence electrons. The number of nitrogens with zero attached hydrogens (tertiary/aromatic N) is 1. The van der Waals surface area contributed by atoms with Gasteiger partial charge in [-0.05, 0) is 30.7 Å². The lowest BCUT2D eigenvalue weighted by atomic mass is 10.1. The third-order valence-electron chi connectivity index (χ3n) is 1.60. The molecule has 1 rings (SSSR count). The average Bonchev–Trinajstić information content (AvgIpc) is 2.19. The molecule has 0 saturated carbocycles. The second-order valence-electron chi connectivity index (χ2n) is 2.43. The highest BCUT2D eigenvalue weighted by Crippen LogP contribution is 2.19. The Kier molecular flexibility index (Phi) is 3.10. The lowest BCUT2D eigenvalue weighted by Crippen LogP contribution is -1.94. The zero-order valence-electron chi connectivity index (χ0n) is 7.50. The summed E-state index contributed by atoms with van der Waals surface area (Å²) < 4.78 is 5.26. The highest BCUT2D eigenvalue weighted by Gasteiger charge is 2.01. The van der Waals surface area contributed by atoms with E-state index in [0.29, 0.717) is 17.9 Å². The SMILES string of the molecule is C=[C]c1ccc(OCC)c(C#N)c1. The summed E-state index contributed by atoms with van der Waals surface area (Å²) in [6.07, 6.45) is 2.71. The summed E-state index contributed by atoms with van der Waals surface area (Å²) in [7, 11) is 0. The van der Waals surface area contributed by atoms with E-state index in [1.165, 1.54) is 0 Å². The molecule has 2 nitrogen and oxygen atoms in total. The maximum absolute atomic E-state index is 8.79. The van der Waals surface area contributed by atoms with Crippen LogP contribution in [0.2, 0.25) is 0 Å². The molecular formula is C11H10NO. The molecule has 0 fully saturated rings. The van der Waals surface area contributed by atoms with E-state index in [0.717, 1.165) is 5.56 Å². The highest BCUT2D eigenvalue weighted by molar-refractivity contribution is 5.46. The number of rotatable bonds is 3. The van der Waals surface area contributed by atoms with Crippen LogP contribution in [0, 0.1) is 17.4 Å². The third kappa shape index (κ3) is 2.09. The van der Waals surface area contributed by atoms with Crippen molar-refractivity contribution in [2.75, 3.05) is 6.61 Å². The van der Waals surface area contributed by atoms with Crippen molar-refractivity contribution in [3.05, 3.63) is 42.0 Å². The molecule has 0 saturated heterocycles. The van der Waals surface area contributed by atoms with Gasteiger partial charge in [-0.2, -0.15) is 5.26 Å². The minimum absolute atomic E-state index is 0.524. The van der Waals surface area contributed by atoms with Crippen molar-refractivity contribution in [3.8, 4) is 11.8 Å². The third-order valence-corrected chi connectivity index (χ3v) is 1.60. The van der Waals surface area contributed by atoms with Gasteiger partial charge in [0.05, 0.1) is 12.2 Å². The zero-order chi connectivity index (χ0) is 9.68. The van der Waals surface area contributed by atoms with Crippen molar-refractivity contribution in [3.63, 3.8) is 0 Å². The molecule has 1 aromatic rings. The van der Waals surface area contributed by atoms with Crippen LogP contribution in [0.4, 0.5) is 0 Å². The second-order valence-corrected chi connectivity index (χ2v) is 2.43. The summed E-state index contributed by atoms with van der Waals surface area (Å²) in [6, 6.07) is 7.35. The molecule has 0 amide bonds. The summed E-state index contributed by atoms with van der Waals surface area (Å²) in [5, 5.41) is 8.79. The van der Waals surface area contributed by atoms with Crippen molar-refractivity contribution in [1.82, 2.24) is 0 Å². The summed E-state index contributed by atoms with van der Waals surface area (Å²) in [5.41, 5.74) is 1.33. The predicted octanol–water partition coefficient (Wildman–Crippen LogP) is 2.29. The Bertz CT molecular complexity index is 350. The fourth-order valence-corrected chi connectivity index (χ4v) is 1.01. The molecule has 0 atom stereocenters. The molecule has 13 heavy (non-hydrogen) atoms. The van der Waals surface area contributed by atoms with Gasteiger partial charge in [0, 0.05) is 0 Å². The molecule has 0 aliphatic heterocycles. The van der Waals surface area contributed by atoms with E-state index in [1.807, 2.05) is 13.0 Å². The highest BCUT2D eigenvalue weighted by atomic mass is 16.5. The quantitative estimate of drug-likeness (QED) is 0.700. The minimum atomic E-state index is 0.524. The van der Waals surface area contributed by atoms with Gasteiger partial charge >= 0.3 is 0 Å². The van der Waals surface area contributed by atoms with Gasteiger partial charge in [0.25, 0.3) is 0 Å². The zero-order valence-corrected chi connectivity index (χ0v) is 7.50. The molecular weight excluding hydrogens is 162 g/mol. The van der Waals surface area contributed by atoms with E-state index >= 15 is 0 Å². The first kappa shape index (κ1) is 9.34. The fraction of sp³-hybridized carbons (Fsp3) is 0.182. The standard InChI is InChI=1S/C11H10NO/c1-3-9-5-6-11(13-4-2)10(7-9)8-12/h5-7H,1,4H2,2H3. The van der Waals surface area contributed by atoms with Crippen LogP contribution in [0.15, 0.2) is 24.8 Å². The van der Waals surface area contributed by atoms with Gasteiger partial charge in [-0.1, -0.05) is 12.6 Å². The maximum atomic E-state index is 8.79. The monoisotopic (exact) mass is 172 g/mol. The molecule has 0 N–H and O–H groups in total. The molecule has 0 aliphatic carbocycles. The molecule has 0 spiro atoms. The topological polar surface area (TPSA) is 33.0 Å². The fourth-order valence-electron chi connectivity index (χ4n) is 1.01. The van der Waals surface area contributed by atoms with Gasteiger partial charge in [-0.3, -0.25) is 0 Å². The van der Waals surface area contributed by atoms with Crippen molar-refractivity contribution in [2.45, 2.75) is 6.92 Å². The van der Waals surface area contributed by atoms with E-state index in [1.54, 1.807) is 12.1 Å². The van der Waals surface area contributed by atoms with Gasteiger partial charge in [0.1, 0.15) is 11.8 Å². The first-order chi connectivity index (χ1) is 6.31. The minimum Gasteiger partial charge on any atom is -0.492 e. The predicted molar refractivity (Wildman–Crippen MR) is 50.3 cm³/mol. The summed E-state index contributed by atoms with van der Waals surface area (Å²) in [4.78, 5) is 0. The number of hydrogen-bond donors (Lipinski definition) is 0. The average molecular weight is 172 g/mol. The van der Waals surface area contributed by atoms with Crippen LogP contribution in [0.1, 0.15) is 18.1 Å². The van der Waals surface area contributed by atoms with Gasteiger partial charge in [0.15, 0.2) is 0 Å². The summed E-state index contributed by atoms with van der Waals surface area (Å²) in [5.74, 6) is 0.615. The Morgan fingerprint density at radius 3 is 2.85 bits per heavy atom. The molecule has 1 radical (unpaired) electrons. The van der Waals surface area contributed by atoms with E-state index in [2.05, 4.69) is 18.7 Å². The van der Waals surface area contributed by atoms with Crippen LogP contribution in [0.3, 0.4) is 0 Å². The first-order valence-electron chi connectivity index (χ1n) is 4.02. The maximum Gasteiger partial charge on any atom is 0.137 e. The van der Waals surface area contributed by atoms with E-state index in [4.69, 9.17) is 10.00 Å². The van der Waals surface area contributed by atoms with Crippen LogP contribution < -0.4 is 4.74 Å². The Labute approximate surface area is 78.1 Å². The van der Waals surface area contributed by atoms with Crippen molar-refractivity contribution in [2.24, 2.45) is 0 Å². The number of hydrogen-bond acceptors (Lipinski definition) is 2. The molecule has 0 unspecified atom stereocenters. The summed E-state index contributed by atoms with van der Waals surface area (Å²) in [6.45, 7) is 5.95. The molecule has 0 aromatic heterocycles. The Morgan fingerprint density at radius 2 is 2.31 bits per heavy atom. The number of ether oxygens (including phenoxy) is 1. The first-order valence-corrected chi connectivity index (χ1v) is 4.02. The van der Waals surface area contributed by atoms with Crippen molar-refractivity contribution in [1.29, 1.82) is 5.26 Å². The molecule has 2 heteroatoms. The van der Waals surface area contributed by atoms with E-state index in [-0.39, 0.29) is 0 Å². The normalized spacial score (nSPS) is 8.92. The van der Waals surface area contributed by atoms with Gasteiger partial charge < -0.3 is 4.74 Å². The molecule has 1 aromatic carbocycles. The van der Waals surface area contributed by atoms with Crippen molar-refractivity contribution < 1.29 is 4.74 Å². The second kappa shape index (κ2) is 4.32. The van der Waals surface area contributed by atoms with E-state index in [9.17, 15) is 0 Å². The molecule has 0 bridgehead atoms. The summed E-state index contributed by atoms with van der Waals surface area (Å²) >= 11 is 0. The van der Waals surface area contributed by atoms with Crippen LogP contribution in [-0.2, 0) is 0 Å². The van der Waals surface area contributed by atoms with Gasteiger partial charge in [-0.25, -0.2) is 0 Å². The van der Waals surface area contributed by atoms with Crippen molar-refractivity contribution >= 4 is 0 Å². The smallest absolute Gasteiger partial charge is 0.137 e. The number of nitriles is 1. The Hall–Kier alpha value is -1.75. The lowest BCUT2D eigenvalue weighted by molar-refractivity contribution is 0.339. The Balaban J connectivity index is 3.09. The lowest BCUT2D eigenvalue weighted by Gasteiger charge is -2.04. The van der Waals surface area contributed by atoms with Gasteiger partial charge in [0.2, 0.25) is 0 Å². The largest absolute Gasteiger partial charge is 0.492 e. The van der Waals surface area contributed by atoms with Crippen LogP contribution >= 0.6 is 0 Å².